The van der Waals surface area contributed by atoms with Crippen LogP contribution in [0.3, 0.4) is 0 Å². The Kier molecular flexibility index (Phi) is 4.90. The van der Waals surface area contributed by atoms with Gasteiger partial charge in [-0.25, -0.2) is 0 Å². The van der Waals surface area contributed by atoms with Gasteiger partial charge in [0, 0.05) is 42.5 Å². The first kappa shape index (κ1) is 13.7. The molecular weight excluding hydrogens is 244 g/mol. The molecule has 0 bridgehead atoms. The minimum atomic E-state index is 0.718. The van der Waals surface area contributed by atoms with Gasteiger partial charge >= 0.3 is 0 Å². The molecule has 0 aliphatic heterocycles. The summed E-state index contributed by atoms with van der Waals surface area (Å²) in [6.07, 6.45) is 5.07. The van der Waals surface area contributed by atoms with Crippen LogP contribution in [-0.4, -0.2) is 19.6 Å². The molecule has 1 aromatic carbocycles. The van der Waals surface area contributed by atoms with Gasteiger partial charge in [-0.3, -0.25) is 0 Å². The Morgan fingerprint density at radius 2 is 2.17 bits per heavy atom. The average molecular weight is 267 g/mol. The highest BCUT2D eigenvalue weighted by Gasteiger charge is 2.21. The highest BCUT2D eigenvalue weighted by molar-refractivity contribution is 6.31. The van der Waals surface area contributed by atoms with Gasteiger partial charge in [0.05, 0.1) is 0 Å². The second kappa shape index (κ2) is 6.44. The summed E-state index contributed by atoms with van der Waals surface area (Å²) in [4.78, 5) is 2.32. The van der Waals surface area contributed by atoms with E-state index in [1.165, 1.54) is 36.9 Å². The Morgan fingerprint density at radius 1 is 1.39 bits per heavy atom. The van der Waals surface area contributed by atoms with Crippen molar-refractivity contribution in [2.45, 2.75) is 45.2 Å². The Bertz CT molecular complexity index is 388. The van der Waals surface area contributed by atoms with Crippen molar-refractivity contribution in [3.63, 3.8) is 0 Å². The van der Waals surface area contributed by atoms with Crippen LogP contribution in [0.4, 0.5) is 5.69 Å². The molecule has 1 fully saturated rings. The molecule has 0 heterocycles. The maximum Gasteiger partial charge on any atom is 0.0471 e. The van der Waals surface area contributed by atoms with Crippen molar-refractivity contribution in [2.24, 2.45) is 0 Å². The first-order valence-electron chi connectivity index (χ1n) is 6.94. The maximum absolute atomic E-state index is 6.34. The van der Waals surface area contributed by atoms with E-state index >= 15 is 0 Å². The molecule has 0 saturated heterocycles. The number of hydrogen-bond donors (Lipinski definition) is 1. The lowest BCUT2D eigenvalue weighted by Crippen LogP contribution is -2.23. The molecule has 18 heavy (non-hydrogen) atoms. The Hall–Kier alpha value is -0.730. The van der Waals surface area contributed by atoms with Crippen molar-refractivity contribution in [1.82, 2.24) is 5.32 Å². The third kappa shape index (κ3) is 3.63. The third-order valence-corrected chi connectivity index (χ3v) is 3.85. The molecule has 0 unspecified atom stereocenters. The monoisotopic (exact) mass is 266 g/mol. The van der Waals surface area contributed by atoms with E-state index in [0.29, 0.717) is 0 Å². The zero-order chi connectivity index (χ0) is 13.0. The Morgan fingerprint density at radius 3 is 2.83 bits per heavy atom. The zero-order valence-corrected chi connectivity index (χ0v) is 12.1. The van der Waals surface area contributed by atoms with Crippen LogP contribution in [0.1, 0.15) is 38.2 Å². The van der Waals surface area contributed by atoms with Crippen LogP contribution in [0.25, 0.3) is 0 Å². The van der Waals surface area contributed by atoms with Crippen LogP contribution >= 0.6 is 11.6 Å². The molecule has 0 spiro atoms. The van der Waals surface area contributed by atoms with Crippen molar-refractivity contribution >= 4 is 17.3 Å². The second-order valence-corrected chi connectivity index (χ2v) is 5.57. The van der Waals surface area contributed by atoms with Gasteiger partial charge in [0.2, 0.25) is 0 Å². The van der Waals surface area contributed by atoms with E-state index in [-0.39, 0.29) is 0 Å². The molecule has 2 rings (SSSR count). The number of nitrogens with zero attached hydrogens (tertiary/aromatic N) is 1. The molecule has 100 valence electrons. The summed E-state index contributed by atoms with van der Waals surface area (Å²) in [5.74, 6) is 0. The SMILES string of the molecule is CCCCN(C)c1cccc(Cl)c1CNC1CC1. The van der Waals surface area contributed by atoms with E-state index < -0.39 is 0 Å². The summed E-state index contributed by atoms with van der Waals surface area (Å²) in [7, 11) is 2.15. The van der Waals surface area contributed by atoms with Crippen molar-refractivity contribution in [2.75, 3.05) is 18.5 Å². The number of nitrogens with one attached hydrogen (secondary N) is 1. The van der Waals surface area contributed by atoms with Crippen molar-refractivity contribution in [3.05, 3.63) is 28.8 Å². The zero-order valence-electron chi connectivity index (χ0n) is 11.4. The van der Waals surface area contributed by atoms with Crippen LogP contribution in [0.5, 0.6) is 0 Å². The molecule has 1 aliphatic carbocycles. The largest absolute Gasteiger partial charge is 0.374 e. The molecule has 1 N–H and O–H groups in total. The van der Waals surface area contributed by atoms with Crippen molar-refractivity contribution in [3.8, 4) is 0 Å². The fourth-order valence-electron chi connectivity index (χ4n) is 2.13. The number of benzene rings is 1. The van der Waals surface area contributed by atoms with Gasteiger partial charge in [-0.05, 0) is 31.4 Å². The smallest absolute Gasteiger partial charge is 0.0471 e. The standard InChI is InChI=1S/C15H23ClN2/c1-3-4-10-18(2)15-7-5-6-14(16)13(15)11-17-12-8-9-12/h5-7,12,17H,3-4,8-11H2,1-2H3. The molecular formula is C15H23ClN2. The number of rotatable bonds is 7. The summed E-state index contributed by atoms with van der Waals surface area (Å²) in [5, 5.41) is 4.43. The first-order valence-corrected chi connectivity index (χ1v) is 7.32. The van der Waals surface area contributed by atoms with E-state index in [1.807, 2.05) is 12.1 Å². The predicted molar refractivity (Wildman–Crippen MR) is 79.5 cm³/mol. The molecule has 1 aliphatic rings. The summed E-state index contributed by atoms with van der Waals surface area (Å²) in [6.45, 7) is 4.20. The number of anilines is 1. The molecule has 1 aromatic rings. The average Bonchev–Trinajstić information content (AvgIpc) is 3.18. The van der Waals surface area contributed by atoms with Gasteiger partial charge in [-0.2, -0.15) is 0 Å². The lowest BCUT2D eigenvalue weighted by molar-refractivity contribution is 0.683. The lowest BCUT2D eigenvalue weighted by atomic mass is 10.1. The van der Waals surface area contributed by atoms with Gasteiger partial charge in [0.15, 0.2) is 0 Å². The van der Waals surface area contributed by atoms with E-state index in [0.717, 1.165) is 24.2 Å². The molecule has 1 saturated carbocycles. The van der Waals surface area contributed by atoms with Crippen molar-refractivity contribution in [1.29, 1.82) is 0 Å². The molecule has 0 aromatic heterocycles. The maximum atomic E-state index is 6.34. The van der Waals surface area contributed by atoms with Gasteiger partial charge in [-0.15, -0.1) is 0 Å². The van der Waals surface area contributed by atoms with Crippen molar-refractivity contribution < 1.29 is 0 Å². The molecule has 0 atom stereocenters. The van der Waals surface area contributed by atoms with Crippen LogP contribution in [0.15, 0.2) is 18.2 Å². The fraction of sp³-hybridized carbons (Fsp3) is 0.600. The number of halogens is 1. The topological polar surface area (TPSA) is 15.3 Å². The summed E-state index contributed by atoms with van der Waals surface area (Å²) < 4.78 is 0. The van der Waals surface area contributed by atoms with Crippen LogP contribution in [0, 0.1) is 0 Å². The molecule has 3 heteroatoms. The van der Waals surface area contributed by atoms with Gasteiger partial charge in [0.1, 0.15) is 0 Å². The molecule has 2 nitrogen and oxygen atoms in total. The molecule has 0 amide bonds. The summed E-state index contributed by atoms with van der Waals surface area (Å²) in [5.41, 5.74) is 2.51. The molecule has 0 radical (unpaired) electrons. The highest BCUT2D eigenvalue weighted by atomic mass is 35.5. The fourth-order valence-corrected chi connectivity index (χ4v) is 2.37. The van der Waals surface area contributed by atoms with E-state index in [9.17, 15) is 0 Å². The van der Waals surface area contributed by atoms with Gasteiger partial charge in [0.25, 0.3) is 0 Å². The Labute approximate surface area is 115 Å². The van der Waals surface area contributed by atoms with Crippen LogP contribution in [0.2, 0.25) is 5.02 Å². The minimum absolute atomic E-state index is 0.718. The number of hydrogen-bond acceptors (Lipinski definition) is 2. The lowest BCUT2D eigenvalue weighted by Gasteiger charge is -2.23. The van der Waals surface area contributed by atoms with E-state index in [1.54, 1.807) is 0 Å². The van der Waals surface area contributed by atoms with E-state index in [2.05, 4.69) is 30.3 Å². The second-order valence-electron chi connectivity index (χ2n) is 5.17. The van der Waals surface area contributed by atoms with Crippen LogP contribution < -0.4 is 10.2 Å². The summed E-state index contributed by atoms with van der Waals surface area (Å²) in [6, 6.07) is 6.92. The highest BCUT2D eigenvalue weighted by Crippen LogP contribution is 2.28. The van der Waals surface area contributed by atoms with Gasteiger partial charge in [-0.1, -0.05) is 31.0 Å². The van der Waals surface area contributed by atoms with Crippen LogP contribution in [-0.2, 0) is 6.54 Å². The normalized spacial score (nSPS) is 14.8. The number of unbranched alkanes of at least 4 members (excludes halogenated alkanes) is 1. The van der Waals surface area contributed by atoms with Gasteiger partial charge < -0.3 is 10.2 Å². The first-order chi connectivity index (χ1) is 8.72. The van der Waals surface area contributed by atoms with E-state index in [4.69, 9.17) is 11.6 Å². The minimum Gasteiger partial charge on any atom is -0.374 e. The Balaban J connectivity index is 2.08. The quantitative estimate of drug-likeness (QED) is 0.807. The predicted octanol–water partition coefficient (Wildman–Crippen LogP) is 3.83. The summed E-state index contributed by atoms with van der Waals surface area (Å²) >= 11 is 6.34. The third-order valence-electron chi connectivity index (χ3n) is 3.50.